The molecule has 1 aromatic rings. The largest absolute Gasteiger partial charge is 0.352 e. The summed E-state index contributed by atoms with van der Waals surface area (Å²) in [4.78, 5) is 21.5. The van der Waals surface area contributed by atoms with Crippen LogP contribution in [-0.2, 0) is 0 Å². The van der Waals surface area contributed by atoms with Gasteiger partial charge in [-0.05, 0) is 18.4 Å². The lowest BCUT2D eigenvalue weighted by atomic mass is 10.1. The molecule has 0 aliphatic carbocycles. The summed E-state index contributed by atoms with van der Waals surface area (Å²) < 4.78 is 13.6. The van der Waals surface area contributed by atoms with Crippen molar-refractivity contribution in [2.45, 2.75) is 13.3 Å². The van der Waals surface area contributed by atoms with E-state index in [2.05, 4.69) is 21.2 Å². The molecule has 0 saturated carbocycles. The molecule has 1 aromatic carbocycles. The summed E-state index contributed by atoms with van der Waals surface area (Å²) in [6, 6.07) is 2.98. The number of hydrogen-bond donors (Lipinski definition) is 1. The molecule has 104 valence electrons. The molecule has 0 aliphatic heterocycles. The molecule has 0 radical (unpaired) electrons. The first-order chi connectivity index (χ1) is 8.95. The molecule has 0 aliphatic rings. The van der Waals surface area contributed by atoms with Gasteiger partial charge in [-0.15, -0.1) is 0 Å². The summed E-state index contributed by atoms with van der Waals surface area (Å²) in [6.07, 6.45) is 0.892. The Balaban J connectivity index is 2.70. The standard InChI is InChI=1S/C12H14BrFN2O3/c1-8(4-5-13)7-15-12(17)10-3-2-9(16(18)19)6-11(10)14/h2-3,6,8H,4-5,7H2,1H3,(H,15,17). The third-order valence-electron chi connectivity index (χ3n) is 2.62. The molecular weight excluding hydrogens is 319 g/mol. The van der Waals surface area contributed by atoms with Crippen molar-refractivity contribution in [2.75, 3.05) is 11.9 Å². The molecule has 1 atom stereocenters. The second-order valence-corrected chi connectivity index (χ2v) is 5.01. The Bertz CT molecular complexity index is 482. The number of nitrogens with one attached hydrogen (secondary N) is 1. The van der Waals surface area contributed by atoms with Crippen molar-refractivity contribution in [1.29, 1.82) is 0 Å². The van der Waals surface area contributed by atoms with Crippen LogP contribution in [-0.4, -0.2) is 22.7 Å². The van der Waals surface area contributed by atoms with Gasteiger partial charge in [-0.2, -0.15) is 0 Å². The molecule has 0 spiro atoms. The molecule has 0 bridgehead atoms. The van der Waals surface area contributed by atoms with Crippen LogP contribution in [0.2, 0.25) is 0 Å². The van der Waals surface area contributed by atoms with Crippen LogP contribution in [0.4, 0.5) is 10.1 Å². The van der Waals surface area contributed by atoms with E-state index in [4.69, 9.17) is 0 Å². The maximum Gasteiger partial charge on any atom is 0.272 e. The minimum Gasteiger partial charge on any atom is -0.352 e. The molecule has 0 aromatic heterocycles. The number of rotatable bonds is 6. The summed E-state index contributed by atoms with van der Waals surface area (Å²) in [6.45, 7) is 2.40. The number of carbonyl (C=O) groups is 1. The van der Waals surface area contributed by atoms with Gasteiger partial charge < -0.3 is 5.32 Å². The second kappa shape index (κ2) is 7.18. The van der Waals surface area contributed by atoms with Gasteiger partial charge in [0.15, 0.2) is 0 Å². The lowest BCUT2D eigenvalue weighted by Crippen LogP contribution is -2.29. The van der Waals surface area contributed by atoms with Gasteiger partial charge in [0.2, 0.25) is 0 Å². The third kappa shape index (κ3) is 4.59. The van der Waals surface area contributed by atoms with Gasteiger partial charge in [-0.25, -0.2) is 4.39 Å². The van der Waals surface area contributed by atoms with Crippen LogP contribution >= 0.6 is 15.9 Å². The van der Waals surface area contributed by atoms with Gasteiger partial charge in [-0.1, -0.05) is 22.9 Å². The summed E-state index contributed by atoms with van der Waals surface area (Å²) >= 11 is 3.30. The molecule has 19 heavy (non-hydrogen) atoms. The van der Waals surface area contributed by atoms with Crippen molar-refractivity contribution >= 4 is 27.5 Å². The maximum absolute atomic E-state index is 13.6. The number of nitro groups is 1. The highest BCUT2D eigenvalue weighted by Crippen LogP contribution is 2.16. The van der Waals surface area contributed by atoms with Gasteiger partial charge >= 0.3 is 0 Å². The average molecular weight is 333 g/mol. The monoisotopic (exact) mass is 332 g/mol. The topological polar surface area (TPSA) is 72.2 Å². The molecule has 0 saturated heterocycles. The molecule has 0 fully saturated rings. The fourth-order valence-corrected chi connectivity index (χ4v) is 2.23. The molecule has 1 amide bonds. The van der Waals surface area contributed by atoms with Crippen LogP contribution in [0.3, 0.4) is 0 Å². The zero-order valence-corrected chi connectivity index (χ0v) is 11.9. The minimum absolute atomic E-state index is 0.184. The number of halogens is 2. The molecule has 1 N–H and O–H groups in total. The van der Waals surface area contributed by atoms with E-state index in [1.54, 1.807) is 0 Å². The lowest BCUT2D eigenvalue weighted by molar-refractivity contribution is -0.385. The van der Waals surface area contributed by atoms with Gasteiger partial charge in [-0.3, -0.25) is 14.9 Å². The number of hydrogen-bond acceptors (Lipinski definition) is 3. The Morgan fingerprint density at radius 3 is 2.79 bits per heavy atom. The van der Waals surface area contributed by atoms with E-state index < -0.39 is 16.6 Å². The highest BCUT2D eigenvalue weighted by atomic mass is 79.9. The van der Waals surface area contributed by atoms with Crippen molar-refractivity contribution < 1.29 is 14.1 Å². The number of nitrogens with zero attached hydrogens (tertiary/aromatic N) is 1. The highest BCUT2D eigenvalue weighted by Gasteiger charge is 2.16. The first-order valence-corrected chi connectivity index (χ1v) is 6.86. The molecule has 0 heterocycles. The normalized spacial score (nSPS) is 11.9. The van der Waals surface area contributed by atoms with E-state index in [1.807, 2.05) is 6.92 Å². The summed E-state index contributed by atoms with van der Waals surface area (Å²) in [5, 5.41) is 13.9. The fourth-order valence-electron chi connectivity index (χ4n) is 1.45. The Labute approximate surface area is 118 Å². The minimum atomic E-state index is -0.889. The predicted molar refractivity (Wildman–Crippen MR) is 73.0 cm³/mol. The van der Waals surface area contributed by atoms with E-state index in [0.717, 1.165) is 30.0 Å². The number of non-ortho nitro benzene ring substituents is 1. The Hall–Kier alpha value is -1.50. The SMILES string of the molecule is CC(CCBr)CNC(=O)c1ccc([N+](=O)[O-])cc1F. The Morgan fingerprint density at radius 2 is 2.26 bits per heavy atom. The summed E-state index contributed by atoms with van der Waals surface area (Å²) in [5.74, 6) is -1.18. The number of amides is 1. The molecule has 1 unspecified atom stereocenters. The van der Waals surface area contributed by atoms with Crippen LogP contribution in [0.25, 0.3) is 0 Å². The number of benzene rings is 1. The zero-order valence-electron chi connectivity index (χ0n) is 10.4. The number of nitro benzene ring substituents is 1. The quantitative estimate of drug-likeness (QED) is 0.494. The van der Waals surface area contributed by atoms with E-state index in [9.17, 15) is 19.3 Å². The van der Waals surface area contributed by atoms with Crippen LogP contribution < -0.4 is 5.32 Å². The summed E-state index contributed by atoms with van der Waals surface area (Å²) in [7, 11) is 0. The van der Waals surface area contributed by atoms with Crippen LogP contribution in [0.5, 0.6) is 0 Å². The van der Waals surface area contributed by atoms with Crippen molar-refractivity contribution in [1.82, 2.24) is 5.32 Å². The fraction of sp³-hybridized carbons (Fsp3) is 0.417. The molecular formula is C12H14BrFN2O3. The Morgan fingerprint density at radius 1 is 1.58 bits per heavy atom. The van der Waals surface area contributed by atoms with Crippen molar-refractivity contribution in [2.24, 2.45) is 5.92 Å². The van der Waals surface area contributed by atoms with Crippen molar-refractivity contribution in [3.05, 3.63) is 39.7 Å². The van der Waals surface area contributed by atoms with Gasteiger partial charge in [0, 0.05) is 17.9 Å². The van der Waals surface area contributed by atoms with Crippen molar-refractivity contribution in [3.63, 3.8) is 0 Å². The van der Waals surface area contributed by atoms with E-state index in [-0.39, 0.29) is 17.2 Å². The third-order valence-corrected chi connectivity index (χ3v) is 3.08. The smallest absolute Gasteiger partial charge is 0.272 e. The van der Waals surface area contributed by atoms with Crippen LogP contribution in [0.1, 0.15) is 23.7 Å². The summed E-state index contributed by atoms with van der Waals surface area (Å²) in [5.41, 5.74) is -0.557. The highest BCUT2D eigenvalue weighted by molar-refractivity contribution is 9.09. The number of carbonyl (C=O) groups excluding carboxylic acids is 1. The molecule has 5 nitrogen and oxygen atoms in total. The number of alkyl halides is 1. The van der Waals surface area contributed by atoms with Gasteiger partial charge in [0.25, 0.3) is 11.6 Å². The second-order valence-electron chi connectivity index (χ2n) is 4.21. The average Bonchev–Trinajstić information content (AvgIpc) is 2.36. The lowest BCUT2D eigenvalue weighted by Gasteiger charge is -2.11. The molecule has 1 rings (SSSR count). The van der Waals surface area contributed by atoms with Gasteiger partial charge in [0.1, 0.15) is 5.82 Å². The van der Waals surface area contributed by atoms with Crippen LogP contribution in [0, 0.1) is 21.8 Å². The van der Waals surface area contributed by atoms with E-state index >= 15 is 0 Å². The van der Waals surface area contributed by atoms with Crippen molar-refractivity contribution in [3.8, 4) is 0 Å². The first kappa shape index (κ1) is 15.6. The first-order valence-electron chi connectivity index (χ1n) is 5.73. The predicted octanol–water partition coefficient (Wildman–Crippen LogP) is 2.88. The van der Waals surface area contributed by atoms with E-state index in [1.165, 1.54) is 0 Å². The van der Waals surface area contributed by atoms with Crippen LogP contribution in [0.15, 0.2) is 18.2 Å². The van der Waals surface area contributed by atoms with E-state index in [0.29, 0.717) is 6.54 Å². The maximum atomic E-state index is 13.6. The zero-order chi connectivity index (χ0) is 14.4. The molecule has 7 heteroatoms. The Kier molecular flexibility index (Phi) is 5.88. The van der Waals surface area contributed by atoms with Gasteiger partial charge in [0.05, 0.1) is 16.6 Å².